The van der Waals surface area contributed by atoms with E-state index in [1.165, 1.54) is 5.69 Å². The molecule has 0 aliphatic carbocycles. The van der Waals surface area contributed by atoms with Gasteiger partial charge < -0.3 is 4.57 Å². The van der Waals surface area contributed by atoms with Gasteiger partial charge in [0.2, 0.25) is 0 Å². The molecular weight excluding hydrogens is 134 g/mol. The number of rotatable bonds is 1. The molecule has 0 bridgehead atoms. The Morgan fingerprint density at radius 3 is 2.36 bits per heavy atom. The van der Waals surface area contributed by atoms with E-state index in [-0.39, 0.29) is 5.54 Å². The first-order valence-electron chi connectivity index (χ1n) is 4.22. The number of hydrogen-bond acceptors (Lipinski definition) is 0. The van der Waals surface area contributed by atoms with Crippen molar-refractivity contribution < 1.29 is 0 Å². The molecule has 1 heterocycles. The maximum Gasteiger partial charge on any atom is 0.0358 e. The molecule has 0 N–H and O–H groups in total. The first kappa shape index (κ1) is 8.38. The van der Waals surface area contributed by atoms with Crippen LogP contribution in [0.4, 0.5) is 0 Å². The molecule has 0 saturated heterocycles. The Labute approximate surface area is 69.0 Å². The number of aryl methyl sites for hydroxylation is 1. The van der Waals surface area contributed by atoms with Gasteiger partial charge in [-0.15, -0.1) is 0 Å². The van der Waals surface area contributed by atoms with Crippen molar-refractivity contribution in [1.29, 1.82) is 0 Å². The molecule has 1 heteroatoms. The van der Waals surface area contributed by atoms with Crippen molar-refractivity contribution in [1.82, 2.24) is 4.57 Å². The minimum atomic E-state index is 0.231. The van der Waals surface area contributed by atoms with Gasteiger partial charge in [-0.3, -0.25) is 0 Å². The van der Waals surface area contributed by atoms with Gasteiger partial charge in [-0.05, 0) is 39.3 Å². The molecule has 0 aromatic carbocycles. The van der Waals surface area contributed by atoms with Crippen molar-refractivity contribution >= 4 is 0 Å². The van der Waals surface area contributed by atoms with Crippen LogP contribution in [0.3, 0.4) is 0 Å². The monoisotopic (exact) mass is 151 g/mol. The molecule has 0 aliphatic heterocycles. The van der Waals surface area contributed by atoms with Crippen molar-refractivity contribution in [3.63, 3.8) is 0 Å². The Morgan fingerprint density at radius 2 is 2.00 bits per heavy atom. The fraction of sp³-hybridized carbons (Fsp3) is 0.600. The van der Waals surface area contributed by atoms with Gasteiger partial charge in [0.25, 0.3) is 0 Å². The van der Waals surface area contributed by atoms with Crippen molar-refractivity contribution in [3.8, 4) is 0 Å². The van der Waals surface area contributed by atoms with E-state index in [9.17, 15) is 0 Å². The van der Waals surface area contributed by atoms with Crippen LogP contribution in [0.15, 0.2) is 18.3 Å². The third-order valence-electron chi connectivity index (χ3n) is 1.92. The van der Waals surface area contributed by atoms with E-state index >= 15 is 0 Å². The van der Waals surface area contributed by atoms with Gasteiger partial charge in [-0.1, -0.05) is 6.92 Å². The lowest BCUT2D eigenvalue weighted by Gasteiger charge is -2.24. The Morgan fingerprint density at radius 1 is 1.36 bits per heavy atom. The largest absolute Gasteiger partial charge is 0.346 e. The van der Waals surface area contributed by atoms with Crippen LogP contribution in [-0.4, -0.2) is 4.57 Å². The summed E-state index contributed by atoms with van der Waals surface area (Å²) in [5, 5.41) is 0. The summed E-state index contributed by atoms with van der Waals surface area (Å²) < 4.78 is 2.33. The first-order valence-corrected chi connectivity index (χ1v) is 4.22. The number of aromatic nitrogens is 1. The molecule has 0 radical (unpaired) electrons. The zero-order valence-corrected chi connectivity index (χ0v) is 7.89. The van der Waals surface area contributed by atoms with Crippen molar-refractivity contribution in [3.05, 3.63) is 24.0 Å². The second-order valence-electron chi connectivity index (χ2n) is 3.89. The minimum absolute atomic E-state index is 0.231. The van der Waals surface area contributed by atoms with Crippen molar-refractivity contribution in [2.45, 2.75) is 39.7 Å². The van der Waals surface area contributed by atoms with Crippen LogP contribution in [0.5, 0.6) is 0 Å². The van der Waals surface area contributed by atoms with Crippen LogP contribution in [0.25, 0.3) is 0 Å². The normalized spacial score (nSPS) is 12.0. The highest BCUT2D eigenvalue weighted by Gasteiger charge is 2.13. The minimum Gasteiger partial charge on any atom is -0.346 e. The summed E-state index contributed by atoms with van der Waals surface area (Å²) in [7, 11) is 0. The molecule has 0 spiro atoms. The third kappa shape index (κ3) is 1.65. The van der Waals surface area contributed by atoms with E-state index in [0.717, 1.165) is 6.42 Å². The van der Waals surface area contributed by atoms with Gasteiger partial charge in [0.15, 0.2) is 0 Å². The quantitative estimate of drug-likeness (QED) is 0.581. The molecule has 62 valence electrons. The fourth-order valence-electron chi connectivity index (χ4n) is 1.36. The van der Waals surface area contributed by atoms with Crippen LogP contribution < -0.4 is 0 Å². The topological polar surface area (TPSA) is 4.93 Å². The molecule has 0 atom stereocenters. The van der Waals surface area contributed by atoms with E-state index in [1.54, 1.807) is 0 Å². The second kappa shape index (κ2) is 2.72. The molecule has 1 aromatic heterocycles. The lowest BCUT2D eigenvalue weighted by molar-refractivity contribution is 0.387. The number of nitrogens with zero attached hydrogens (tertiary/aromatic N) is 1. The molecular formula is C10H17N. The summed E-state index contributed by atoms with van der Waals surface area (Å²) in [6, 6.07) is 4.30. The molecule has 1 aromatic rings. The average Bonchev–Trinajstić information content (AvgIpc) is 2.31. The summed E-state index contributed by atoms with van der Waals surface area (Å²) in [6.07, 6.45) is 3.27. The highest BCUT2D eigenvalue weighted by molar-refractivity contribution is 5.09. The van der Waals surface area contributed by atoms with Crippen LogP contribution in [-0.2, 0) is 12.0 Å². The van der Waals surface area contributed by atoms with E-state index in [0.29, 0.717) is 0 Å². The Hall–Kier alpha value is -0.720. The summed E-state index contributed by atoms with van der Waals surface area (Å²) in [5.74, 6) is 0. The lowest BCUT2D eigenvalue weighted by Crippen LogP contribution is -2.22. The fourth-order valence-corrected chi connectivity index (χ4v) is 1.36. The summed E-state index contributed by atoms with van der Waals surface area (Å²) in [6.45, 7) is 8.88. The maximum absolute atomic E-state index is 2.33. The Bertz CT molecular complexity index is 227. The molecule has 0 fully saturated rings. The average molecular weight is 151 g/mol. The highest BCUT2D eigenvalue weighted by Crippen LogP contribution is 2.17. The van der Waals surface area contributed by atoms with Gasteiger partial charge in [0, 0.05) is 17.4 Å². The third-order valence-corrected chi connectivity index (χ3v) is 1.92. The molecule has 0 unspecified atom stereocenters. The van der Waals surface area contributed by atoms with Gasteiger partial charge in [-0.25, -0.2) is 0 Å². The molecule has 0 saturated carbocycles. The standard InChI is InChI=1S/C10H17N/c1-5-9-7-6-8-11(9)10(2,3)4/h6-8H,5H2,1-4H3. The van der Waals surface area contributed by atoms with Gasteiger partial charge in [-0.2, -0.15) is 0 Å². The highest BCUT2D eigenvalue weighted by atomic mass is 15.0. The molecule has 11 heavy (non-hydrogen) atoms. The number of hydrogen-bond donors (Lipinski definition) is 0. The first-order chi connectivity index (χ1) is 5.05. The molecule has 0 amide bonds. The van der Waals surface area contributed by atoms with Crippen LogP contribution in [0.1, 0.15) is 33.4 Å². The van der Waals surface area contributed by atoms with Crippen molar-refractivity contribution in [2.75, 3.05) is 0 Å². The van der Waals surface area contributed by atoms with Gasteiger partial charge >= 0.3 is 0 Å². The smallest absolute Gasteiger partial charge is 0.0358 e. The van der Waals surface area contributed by atoms with Gasteiger partial charge in [0.05, 0.1) is 0 Å². The van der Waals surface area contributed by atoms with E-state index in [4.69, 9.17) is 0 Å². The maximum atomic E-state index is 2.33. The van der Waals surface area contributed by atoms with E-state index in [1.807, 2.05) is 0 Å². The summed E-state index contributed by atoms with van der Waals surface area (Å²) in [5.41, 5.74) is 1.65. The predicted molar refractivity (Wildman–Crippen MR) is 48.8 cm³/mol. The zero-order valence-electron chi connectivity index (χ0n) is 7.89. The Kier molecular flexibility index (Phi) is 2.08. The van der Waals surface area contributed by atoms with Crippen LogP contribution in [0.2, 0.25) is 0 Å². The van der Waals surface area contributed by atoms with Gasteiger partial charge in [0.1, 0.15) is 0 Å². The molecule has 1 rings (SSSR count). The van der Waals surface area contributed by atoms with E-state index in [2.05, 4.69) is 50.6 Å². The SMILES string of the molecule is CCc1cccn1C(C)(C)C. The van der Waals surface area contributed by atoms with E-state index < -0.39 is 0 Å². The van der Waals surface area contributed by atoms with Crippen LogP contribution >= 0.6 is 0 Å². The second-order valence-corrected chi connectivity index (χ2v) is 3.89. The molecule has 0 aliphatic rings. The zero-order chi connectivity index (χ0) is 8.48. The Balaban J connectivity index is 3.02. The van der Waals surface area contributed by atoms with Crippen LogP contribution in [0, 0.1) is 0 Å². The van der Waals surface area contributed by atoms with Crippen molar-refractivity contribution in [2.24, 2.45) is 0 Å². The summed E-state index contributed by atoms with van der Waals surface area (Å²) >= 11 is 0. The predicted octanol–water partition coefficient (Wildman–Crippen LogP) is 2.81. The summed E-state index contributed by atoms with van der Waals surface area (Å²) in [4.78, 5) is 0. The molecule has 1 nitrogen and oxygen atoms in total. The lowest BCUT2D eigenvalue weighted by atomic mass is 10.1.